The van der Waals surface area contributed by atoms with Gasteiger partial charge in [0.1, 0.15) is 5.82 Å². The van der Waals surface area contributed by atoms with E-state index in [0.717, 1.165) is 30.5 Å². The number of likely N-dealkylation sites (tertiary alicyclic amines) is 1. The van der Waals surface area contributed by atoms with Crippen LogP contribution in [0, 0.1) is 11.7 Å². The molecule has 29 heavy (non-hydrogen) atoms. The zero-order chi connectivity index (χ0) is 21.0. The molecule has 156 valence electrons. The predicted octanol–water partition coefficient (Wildman–Crippen LogP) is 3.32. The molecule has 1 amide bonds. The van der Waals surface area contributed by atoms with Crippen molar-refractivity contribution in [2.75, 3.05) is 19.3 Å². The van der Waals surface area contributed by atoms with Gasteiger partial charge in [-0.25, -0.2) is 12.8 Å². The van der Waals surface area contributed by atoms with Gasteiger partial charge in [0.15, 0.2) is 9.84 Å². The summed E-state index contributed by atoms with van der Waals surface area (Å²) in [6.07, 6.45) is 2.95. The van der Waals surface area contributed by atoms with Gasteiger partial charge in [-0.2, -0.15) is 0 Å². The van der Waals surface area contributed by atoms with Crippen molar-refractivity contribution in [1.29, 1.82) is 0 Å². The quantitative estimate of drug-likeness (QED) is 0.782. The highest BCUT2D eigenvalue weighted by Crippen LogP contribution is 2.21. The lowest BCUT2D eigenvalue weighted by atomic mass is 9.96. The molecule has 1 N–H and O–H groups in total. The van der Waals surface area contributed by atoms with Crippen LogP contribution in [0.2, 0.25) is 0 Å². The molecule has 1 aliphatic rings. The van der Waals surface area contributed by atoms with Crippen molar-refractivity contribution in [2.24, 2.45) is 5.92 Å². The van der Waals surface area contributed by atoms with Crippen LogP contribution in [0.4, 0.5) is 4.39 Å². The molecule has 2 atom stereocenters. The number of nitrogens with one attached hydrogen (secondary N) is 1. The Bertz CT molecular complexity index is 943. The molecule has 1 fully saturated rings. The maximum Gasteiger partial charge on any atom is 0.224 e. The fourth-order valence-corrected chi connectivity index (χ4v) is 4.31. The van der Waals surface area contributed by atoms with Gasteiger partial charge in [-0.1, -0.05) is 24.3 Å². The fraction of sp³-hybridized carbons (Fsp3) is 0.409. The van der Waals surface area contributed by atoms with Crippen LogP contribution in [-0.2, 0) is 21.2 Å². The van der Waals surface area contributed by atoms with E-state index < -0.39 is 9.84 Å². The minimum Gasteiger partial charge on any atom is -0.349 e. The minimum absolute atomic E-state index is 0.00787. The number of sulfone groups is 1. The summed E-state index contributed by atoms with van der Waals surface area (Å²) >= 11 is 0. The first kappa shape index (κ1) is 21.5. The lowest BCUT2D eigenvalue weighted by molar-refractivity contribution is -0.127. The van der Waals surface area contributed by atoms with E-state index in [1.807, 2.05) is 6.92 Å². The molecule has 2 aromatic carbocycles. The van der Waals surface area contributed by atoms with Crippen molar-refractivity contribution >= 4 is 15.7 Å². The first-order valence-electron chi connectivity index (χ1n) is 9.79. The zero-order valence-electron chi connectivity index (χ0n) is 16.8. The summed E-state index contributed by atoms with van der Waals surface area (Å²) in [7, 11) is -3.23. The van der Waals surface area contributed by atoms with Crippen LogP contribution in [0.3, 0.4) is 0 Å². The smallest absolute Gasteiger partial charge is 0.224 e. The fourth-order valence-electron chi connectivity index (χ4n) is 3.68. The molecule has 0 saturated carbocycles. The predicted molar refractivity (Wildman–Crippen MR) is 111 cm³/mol. The topological polar surface area (TPSA) is 66.5 Å². The normalized spacial score (nSPS) is 18.9. The van der Waals surface area contributed by atoms with Gasteiger partial charge < -0.3 is 5.32 Å². The van der Waals surface area contributed by atoms with E-state index in [1.165, 1.54) is 18.4 Å². The number of piperidine rings is 1. The number of nitrogens with zero attached hydrogens (tertiary/aromatic N) is 1. The second-order valence-corrected chi connectivity index (χ2v) is 9.79. The maximum absolute atomic E-state index is 13.1. The van der Waals surface area contributed by atoms with Crippen molar-refractivity contribution in [3.8, 4) is 0 Å². The number of carbonyl (C=O) groups excluding carboxylic acids is 1. The Balaban J connectivity index is 1.57. The molecule has 2 aromatic rings. The van der Waals surface area contributed by atoms with Gasteiger partial charge in [-0.15, -0.1) is 0 Å². The molecule has 1 saturated heterocycles. The van der Waals surface area contributed by atoms with Crippen molar-refractivity contribution in [3.05, 3.63) is 65.5 Å². The van der Waals surface area contributed by atoms with E-state index in [4.69, 9.17) is 0 Å². The van der Waals surface area contributed by atoms with E-state index in [2.05, 4.69) is 10.2 Å². The van der Waals surface area contributed by atoms with Crippen molar-refractivity contribution < 1.29 is 17.6 Å². The summed E-state index contributed by atoms with van der Waals surface area (Å²) in [4.78, 5) is 15.3. The average molecular weight is 419 g/mol. The third-order valence-electron chi connectivity index (χ3n) is 5.36. The van der Waals surface area contributed by atoms with E-state index in [0.29, 0.717) is 13.1 Å². The van der Waals surface area contributed by atoms with Crippen molar-refractivity contribution in [3.63, 3.8) is 0 Å². The van der Waals surface area contributed by atoms with Crippen molar-refractivity contribution in [1.82, 2.24) is 10.2 Å². The summed E-state index contributed by atoms with van der Waals surface area (Å²) in [5, 5.41) is 3.05. The van der Waals surface area contributed by atoms with Gasteiger partial charge >= 0.3 is 0 Å². The molecule has 7 heteroatoms. The molecule has 0 spiro atoms. The first-order chi connectivity index (χ1) is 13.7. The second-order valence-electron chi connectivity index (χ2n) is 7.77. The number of halogens is 1. The maximum atomic E-state index is 13.1. The van der Waals surface area contributed by atoms with Gasteiger partial charge in [0.2, 0.25) is 5.91 Å². The average Bonchev–Trinajstić information content (AvgIpc) is 2.69. The summed E-state index contributed by atoms with van der Waals surface area (Å²) in [6, 6.07) is 12.9. The van der Waals surface area contributed by atoms with Crippen LogP contribution in [0.15, 0.2) is 53.4 Å². The number of amides is 1. The molecule has 0 aromatic heterocycles. The number of benzene rings is 2. The number of rotatable bonds is 6. The van der Waals surface area contributed by atoms with Gasteiger partial charge in [-0.3, -0.25) is 9.69 Å². The van der Waals surface area contributed by atoms with Gasteiger partial charge in [-0.05, 0) is 61.7 Å². The Labute approximate surface area is 171 Å². The van der Waals surface area contributed by atoms with Crippen LogP contribution < -0.4 is 5.32 Å². The monoisotopic (exact) mass is 418 g/mol. The standard InChI is InChI=1S/C22H27FN2O3S/c1-16(18-7-11-21(12-8-18)29(2,27)28)24-22(26)19-4-3-13-25(15-19)14-17-5-9-20(23)10-6-17/h5-12,16,19H,3-4,13-15H2,1-2H3,(H,24,26)/t16-,19+/m1/s1. The Morgan fingerprint density at radius 1 is 1.17 bits per heavy atom. The van der Waals surface area contributed by atoms with Gasteiger partial charge in [0.25, 0.3) is 0 Å². The molecule has 1 aliphatic heterocycles. The third kappa shape index (κ3) is 5.87. The third-order valence-corrected chi connectivity index (χ3v) is 6.49. The molecule has 5 nitrogen and oxygen atoms in total. The molecule has 0 radical (unpaired) electrons. The minimum atomic E-state index is -3.23. The van der Waals surface area contributed by atoms with Crippen LogP contribution in [-0.4, -0.2) is 38.6 Å². The Kier molecular flexibility index (Phi) is 6.70. The molecule has 3 rings (SSSR count). The van der Waals surface area contributed by atoms with Crippen LogP contribution in [0.1, 0.15) is 36.9 Å². The van der Waals surface area contributed by atoms with E-state index in [-0.39, 0.29) is 28.6 Å². The lowest BCUT2D eigenvalue weighted by Crippen LogP contribution is -2.43. The summed E-state index contributed by atoms with van der Waals surface area (Å²) in [6.45, 7) is 4.19. The highest BCUT2D eigenvalue weighted by atomic mass is 32.2. The molecule has 0 aliphatic carbocycles. The van der Waals surface area contributed by atoms with Crippen LogP contribution >= 0.6 is 0 Å². The summed E-state index contributed by atoms with van der Waals surface area (Å²) in [5.41, 5.74) is 1.90. The lowest BCUT2D eigenvalue weighted by Gasteiger charge is -2.32. The molecule has 0 bridgehead atoms. The zero-order valence-corrected chi connectivity index (χ0v) is 17.6. The SMILES string of the molecule is C[C@@H](NC(=O)[C@H]1CCCN(Cc2ccc(F)cc2)C1)c1ccc(S(C)(=O)=O)cc1. The number of hydrogen-bond donors (Lipinski definition) is 1. The molecule has 1 heterocycles. The number of hydrogen-bond acceptors (Lipinski definition) is 4. The van der Waals surface area contributed by atoms with E-state index >= 15 is 0 Å². The van der Waals surface area contributed by atoms with Crippen LogP contribution in [0.25, 0.3) is 0 Å². The first-order valence-corrected chi connectivity index (χ1v) is 11.7. The summed E-state index contributed by atoms with van der Waals surface area (Å²) < 4.78 is 36.2. The Morgan fingerprint density at radius 2 is 1.83 bits per heavy atom. The largest absolute Gasteiger partial charge is 0.349 e. The molecular weight excluding hydrogens is 391 g/mol. The van der Waals surface area contributed by atoms with Gasteiger partial charge in [0.05, 0.1) is 16.9 Å². The number of carbonyl (C=O) groups is 1. The highest BCUT2D eigenvalue weighted by Gasteiger charge is 2.26. The Morgan fingerprint density at radius 3 is 2.45 bits per heavy atom. The summed E-state index contributed by atoms with van der Waals surface area (Å²) in [5.74, 6) is -0.335. The second kappa shape index (κ2) is 9.05. The van der Waals surface area contributed by atoms with Gasteiger partial charge in [0, 0.05) is 19.3 Å². The Hall–Kier alpha value is -2.25. The highest BCUT2D eigenvalue weighted by molar-refractivity contribution is 7.90. The van der Waals surface area contributed by atoms with Crippen LogP contribution in [0.5, 0.6) is 0 Å². The van der Waals surface area contributed by atoms with E-state index in [1.54, 1.807) is 36.4 Å². The van der Waals surface area contributed by atoms with E-state index in [9.17, 15) is 17.6 Å². The molecule has 0 unspecified atom stereocenters. The van der Waals surface area contributed by atoms with Crippen molar-refractivity contribution in [2.45, 2.75) is 37.2 Å². The molecular formula is C22H27FN2O3S.